The Morgan fingerprint density at radius 1 is 1.32 bits per heavy atom. The molecule has 1 rings (SSSR count). The van der Waals surface area contributed by atoms with Crippen LogP contribution in [0.5, 0.6) is 0 Å². The lowest BCUT2D eigenvalue weighted by Gasteiger charge is -2.25. The number of rotatable bonds is 7. The van der Waals surface area contributed by atoms with Crippen molar-refractivity contribution in [3.8, 4) is 0 Å². The molecule has 1 aromatic rings. The van der Waals surface area contributed by atoms with Crippen molar-refractivity contribution in [3.05, 3.63) is 23.8 Å². The Bertz CT molecular complexity index is 417. The molecule has 0 unspecified atom stereocenters. The molecule has 0 fully saturated rings. The quantitative estimate of drug-likeness (QED) is 0.484. The number of hydrogen-bond donors (Lipinski definition) is 3. The first-order valence-corrected chi connectivity index (χ1v) is 6.17. The Morgan fingerprint density at radius 3 is 2.47 bits per heavy atom. The van der Waals surface area contributed by atoms with E-state index in [-0.39, 0.29) is 19.8 Å². The number of nitrogen functional groups attached to an aromatic ring is 1. The van der Waals surface area contributed by atoms with Crippen LogP contribution in [-0.2, 0) is 4.74 Å². The van der Waals surface area contributed by atoms with Crippen LogP contribution in [0.2, 0.25) is 0 Å². The summed E-state index contributed by atoms with van der Waals surface area (Å²) in [5, 5.41) is 18.1. The van der Waals surface area contributed by atoms with E-state index in [0.29, 0.717) is 30.0 Å². The fraction of sp³-hybridized carbons (Fsp3) is 0.462. The number of aliphatic hydroxyl groups is 2. The highest BCUT2D eigenvalue weighted by Gasteiger charge is 2.17. The number of benzene rings is 1. The Hall–Kier alpha value is -1.79. The maximum Gasteiger partial charge on any atom is 0.340 e. The third kappa shape index (κ3) is 4.11. The topological polar surface area (TPSA) is 96.0 Å². The maximum absolute atomic E-state index is 11.9. The first-order chi connectivity index (χ1) is 9.13. The number of nitrogens with two attached hydrogens (primary N) is 1. The molecule has 106 valence electrons. The second kappa shape index (κ2) is 7.60. The predicted molar refractivity (Wildman–Crippen MR) is 73.2 cm³/mol. The molecule has 0 amide bonds. The minimum absolute atomic E-state index is 0.0767. The zero-order chi connectivity index (χ0) is 14.3. The van der Waals surface area contributed by atoms with Gasteiger partial charge in [-0.2, -0.15) is 0 Å². The minimum Gasteiger partial charge on any atom is -0.462 e. The minimum atomic E-state index is -0.467. The summed E-state index contributed by atoms with van der Waals surface area (Å²) in [5.41, 5.74) is 7.07. The standard InChI is InChI=1S/C13H20N2O4/c1-2-19-13(18)11-9-10(14)3-4-12(11)15(5-7-16)6-8-17/h3-4,9,16-17H,2,5-8,14H2,1H3. The lowest BCUT2D eigenvalue weighted by Crippen LogP contribution is -2.31. The lowest BCUT2D eigenvalue weighted by atomic mass is 10.1. The van der Waals surface area contributed by atoms with Crippen LogP contribution >= 0.6 is 0 Å². The van der Waals surface area contributed by atoms with Crippen LogP contribution in [0.3, 0.4) is 0 Å². The second-order valence-electron chi connectivity index (χ2n) is 3.93. The van der Waals surface area contributed by atoms with Crippen molar-refractivity contribution in [1.29, 1.82) is 0 Å². The van der Waals surface area contributed by atoms with Gasteiger partial charge < -0.3 is 25.6 Å². The highest BCUT2D eigenvalue weighted by atomic mass is 16.5. The Labute approximate surface area is 112 Å². The van der Waals surface area contributed by atoms with Crippen LogP contribution in [0.4, 0.5) is 11.4 Å². The fourth-order valence-electron chi connectivity index (χ4n) is 1.80. The van der Waals surface area contributed by atoms with Crippen LogP contribution in [0.15, 0.2) is 18.2 Å². The summed E-state index contributed by atoms with van der Waals surface area (Å²) < 4.78 is 4.98. The fourth-order valence-corrected chi connectivity index (χ4v) is 1.80. The summed E-state index contributed by atoms with van der Waals surface area (Å²) in [4.78, 5) is 13.6. The molecule has 4 N–H and O–H groups in total. The van der Waals surface area contributed by atoms with E-state index < -0.39 is 5.97 Å². The maximum atomic E-state index is 11.9. The molecule has 19 heavy (non-hydrogen) atoms. The average molecular weight is 268 g/mol. The van der Waals surface area contributed by atoms with Crippen molar-refractivity contribution in [2.24, 2.45) is 0 Å². The Kier molecular flexibility index (Phi) is 6.11. The van der Waals surface area contributed by atoms with Crippen molar-refractivity contribution >= 4 is 17.3 Å². The van der Waals surface area contributed by atoms with Gasteiger partial charge in [0.25, 0.3) is 0 Å². The third-order valence-corrected chi connectivity index (χ3v) is 2.60. The molecule has 0 aliphatic carbocycles. The zero-order valence-electron chi connectivity index (χ0n) is 11.0. The normalized spacial score (nSPS) is 10.3. The molecule has 0 aliphatic rings. The molecular formula is C13H20N2O4. The number of nitrogens with zero attached hydrogens (tertiary/aromatic N) is 1. The SMILES string of the molecule is CCOC(=O)c1cc(N)ccc1N(CCO)CCO. The molecule has 0 aliphatic heterocycles. The van der Waals surface area contributed by atoms with Gasteiger partial charge in [0, 0.05) is 18.8 Å². The number of hydrogen-bond acceptors (Lipinski definition) is 6. The predicted octanol–water partition coefficient (Wildman–Crippen LogP) is 0.237. The van der Waals surface area contributed by atoms with E-state index in [1.54, 1.807) is 24.0 Å². The van der Waals surface area contributed by atoms with Gasteiger partial charge in [0.2, 0.25) is 0 Å². The summed E-state index contributed by atoms with van der Waals surface area (Å²) in [5.74, 6) is -0.467. The van der Waals surface area contributed by atoms with Gasteiger partial charge in [0.05, 0.1) is 31.1 Å². The molecule has 6 heteroatoms. The van der Waals surface area contributed by atoms with Crippen LogP contribution < -0.4 is 10.6 Å². The Balaban J connectivity index is 3.12. The molecule has 0 heterocycles. The summed E-state index contributed by atoms with van der Waals surface area (Å²) in [6.45, 7) is 2.48. The zero-order valence-corrected chi connectivity index (χ0v) is 11.0. The molecule has 6 nitrogen and oxygen atoms in total. The first kappa shape index (κ1) is 15.3. The number of carbonyl (C=O) groups is 1. The molecule has 0 saturated heterocycles. The number of aliphatic hydroxyl groups excluding tert-OH is 2. The second-order valence-corrected chi connectivity index (χ2v) is 3.93. The highest BCUT2D eigenvalue weighted by molar-refractivity contribution is 5.97. The van der Waals surface area contributed by atoms with E-state index in [1.807, 2.05) is 0 Å². The molecule has 0 aromatic heterocycles. The van der Waals surface area contributed by atoms with Crippen LogP contribution in [0.1, 0.15) is 17.3 Å². The molecule has 0 spiro atoms. The van der Waals surface area contributed by atoms with Gasteiger partial charge in [0.1, 0.15) is 0 Å². The van der Waals surface area contributed by atoms with Gasteiger partial charge in [-0.25, -0.2) is 4.79 Å². The van der Waals surface area contributed by atoms with E-state index in [9.17, 15) is 4.79 Å². The van der Waals surface area contributed by atoms with Crippen LogP contribution in [-0.4, -0.2) is 49.1 Å². The summed E-state index contributed by atoms with van der Waals surface area (Å²) >= 11 is 0. The third-order valence-electron chi connectivity index (χ3n) is 2.60. The van der Waals surface area contributed by atoms with E-state index in [2.05, 4.69) is 0 Å². The first-order valence-electron chi connectivity index (χ1n) is 6.17. The molecule has 0 bridgehead atoms. The summed E-state index contributed by atoms with van der Waals surface area (Å²) in [6.07, 6.45) is 0. The number of esters is 1. The van der Waals surface area contributed by atoms with E-state index in [0.717, 1.165) is 0 Å². The highest BCUT2D eigenvalue weighted by Crippen LogP contribution is 2.24. The van der Waals surface area contributed by atoms with Gasteiger partial charge in [-0.1, -0.05) is 0 Å². The number of carbonyl (C=O) groups excluding carboxylic acids is 1. The largest absolute Gasteiger partial charge is 0.462 e. The van der Waals surface area contributed by atoms with Gasteiger partial charge in [-0.15, -0.1) is 0 Å². The monoisotopic (exact) mass is 268 g/mol. The average Bonchev–Trinajstić information content (AvgIpc) is 2.39. The number of anilines is 2. The van der Waals surface area contributed by atoms with Crippen molar-refractivity contribution in [3.63, 3.8) is 0 Å². The van der Waals surface area contributed by atoms with Crippen molar-refractivity contribution in [2.45, 2.75) is 6.92 Å². The number of ether oxygens (including phenoxy) is 1. The van der Waals surface area contributed by atoms with Crippen LogP contribution in [0.25, 0.3) is 0 Å². The molecule has 0 radical (unpaired) electrons. The molecule has 0 atom stereocenters. The Morgan fingerprint density at radius 2 is 1.95 bits per heavy atom. The van der Waals surface area contributed by atoms with Crippen molar-refractivity contribution in [2.75, 3.05) is 43.5 Å². The molecule has 1 aromatic carbocycles. The van der Waals surface area contributed by atoms with Gasteiger partial charge in [-0.3, -0.25) is 0 Å². The van der Waals surface area contributed by atoms with E-state index in [1.165, 1.54) is 6.07 Å². The molecular weight excluding hydrogens is 248 g/mol. The van der Waals surface area contributed by atoms with Crippen molar-refractivity contribution in [1.82, 2.24) is 0 Å². The smallest absolute Gasteiger partial charge is 0.340 e. The van der Waals surface area contributed by atoms with Gasteiger partial charge >= 0.3 is 5.97 Å². The van der Waals surface area contributed by atoms with Gasteiger partial charge in [0.15, 0.2) is 0 Å². The van der Waals surface area contributed by atoms with E-state index in [4.69, 9.17) is 20.7 Å². The summed E-state index contributed by atoms with van der Waals surface area (Å²) in [7, 11) is 0. The van der Waals surface area contributed by atoms with Crippen molar-refractivity contribution < 1.29 is 19.7 Å². The summed E-state index contributed by atoms with van der Waals surface area (Å²) in [6, 6.07) is 4.89. The van der Waals surface area contributed by atoms with Gasteiger partial charge in [-0.05, 0) is 25.1 Å². The van der Waals surface area contributed by atoms with Crippen LogP contribution in [0, 0.1) is 0 Å². The molecule has 0 saturated carbocycles. The lowest BCUT2D eigenvalue weighted by molar-refractivity contribution is 0.0527. The van der Waals surface area contributed by atoms with E-state index >= 15 is 0 Å².